The Morgan fingerprint density at radius 2 is 0.630 bits per heavy atom. The van der Waals surface area contributed by atoms with Crippen molar-refractivity contribution >= 4 is 17.1 Å². The molecule has 1 aliphatic rings. The average molecular weight is 361 g/mol. The Morgan fingerprint density at radius 1 is 0.407 bits per heavy atom. The van der Waals surface area contributed by atoms with E-state index in [1.54, 1.807) is 0 Å². The Hall–Kier alpha value is -2.46. The van der Waals surface area contributed by atoms with Gasteiger partial charge in [-0.2, -0.15) is 0 Å². The lowest BCUT2D eigenvalue weighted by Gasteiger charge is -2.52. The molecule has 0 spiro atoms. The fourth-order valence-electron chi connectivity index (χ4n) is 5.05. The number of benzene rings is 3. The lowest BCUT2D eigenvalue weighted by molar-refractivity contribution is 0.0261. The van der Waals surface area contributed by atoms with Crippen LogP contribution in [-0.2, 0) is 0 Å². The number of nitrogens with zero attached hydrogens (tertiary/aromatic N) is 3. The second-order valence-corrected chi connectivity index (χ2v) is 8.62. The predicted molar refractivity (Wildman–Crippen MR) is 117 cm³/mol. The smallest absolute Gasteiger partial charge is 0.201 e. The molecule has 1 fully saturated rings. The highest BCUT2D eigenvalue weighted by molar-refractivity contribution is 5.51. The van der Waals surface area contributed by atoms with E-state index in [1.807, 2.05) is 0 Å². The van der Waals surface area contributed by atoms with Gasteiger partial charge in [-0.25, -0.2) is 13.4 Å². The SMILES string of the molecule is C[N+]1(c2ccccc2)C[N+](C)(c2ccccc2)C[N+](C)(c2ccccc2)C1. The zero-order valence-corrected chi connectivity index (χ0v) is 16.6. The van der Waals surface area contributed by atoms with Crippen molar-refractivity contribution < 1.29 is 0 Å². The van der Waals surface area contributed by atoms with E-state index in [0.717, 1.165) is 33.5 Å². The Kier molecular flexibility index (Phi) is 4.39. The molecule has 3 nitrogen and oxygen atoms in total. The molecule has 3 aromatic carbocycles. The second kappa shape index (κ2) is 6.61. The summed E-state index contributed by atoms with van der Waals surface area (Å²) >= 11 is 0. The van der Waals surface area contributed by atoms with Gasteiger partial charge in [0.25, 0.3) is 0 Å². The fourth-order valence-corrected chi connectivity index (χ4v) is 5.05. The minimum atomic E-state index is 0.900. The summed E-state index contributed by atoms with van der Waals surface area (Å²) < 4.78 is 2.70. The van der Waals surface area contributed by atoms with Gasteiger partial charge >= 0.3 is 0 Å². The Labute approximate surface area is 163 Å². The zero-order chi connectivity index (χ0) is 19.0. The molecule has 1 heterocycles. The molecule has 0 aromatic heterocycles. The maximum absolute atomic E-state index is 2.38. The van der Waals surface area contributed by atoms with Crippen LogP contribution in [0.5, 0.6) is 0 Å². The molecule has 3 aromatic rings. The molecular weight excluding hydrogens is 330 g/mol. The molecule has 138 valence electrons. The van der Waals surface area contributed by atoms with E-state index < -0.39 is 0 Å². The first-order chi connectivity index (χ1) is 12.9. The molecule has 4 rings (SSSR count). The van der Waals surface area contributed by atoms with Crippen molar-refractivity contribution in [2.24, 2.45) is 0 Å². The van der Waals surface area contributed by atoms with Crippen LogP contribution < -0.4 is 13.4 Å². The minimum absolute atomic E-state index is 0.900. The van der Waals surface area contributed by atoms with Crippen molar-refractivity contribution in [2.75, 3.05) is 41.1 Å². The summed E-state index contributed by atoms with van der Waals surface area (Å²) in [6.45, 7) is 3.11. The van der Waals surface area contributed by atoms with Crippen LogP contribution in [0.4, 0.5) is 17.1 Å². The third kappa shape index (κ3) is 3.30. The van der Waals surface area contributed by atoms with Crippen LogP contribution in [-0.4, -0.2) is 41.1 Å². The number of quaternary nitrogens is 3. The van der Waals surface area contributed by atoms with Crippen molar-refractivity contribution in [1.29, 1.82) is 0 Å². The van der Waals surface area contributed by atoms with Gasteiger partial charge in [-0.1, -0.05) is 54.6 Å². The average Bonchev–Trinajstić information content (AvgIpc) is 2.69. The van der Waals surface area contributed by atoms with E-state index in [1.165, 1.54) is 17.1 Å². The summed E-state index contributed by atoms with van der Waals surface area (Å²) in [4.78, 5) is 0. The maximum Gasteiger partial charge on any atom is 0.225 e. The summed E-state index contributed by atoms with van der Waals surface area (Å²) in [6.07, 6.45) is 0. The van der Waals surface area contributed by atoms with E-state index in [2.05, 4.69) is 112 Å². The molecule has 1 saturated heterocycles. The number of hydrogen-bond donors (Lipinski definition) is 0. The lowest BCUT2D eigenvalue weighted by atomic mass is 10.1. The summed E-state index contributed by atoms with van der Waals surface area (Å²) in [5.74, 6) is 0. The number of hydrogen-bond acceptors (Lipinski definition) is 0. The molecule has 0 saturated carbocycles. The predicted octanol–water partition coefficient (Wildman–Crippen LogP) is 4.78. The van der Waals surface area contributed by atoms with Gasteiger partial charge in [0.2, 0.25) is 20.0 Å². The lowest BCUT2D eigenvalue weighted by Crippen LogP contribution is -2.78. The van der Waals surface area contributed by atoms with Gasteiger partial charge in [0.05, 0.1) is 21.1 Å². The summed E-state index contributed by atoms with van der Waals surface area (Å²) in [6, 6.07) is 32.9. The van der Waals surface area contributed by atoms with Gasteiger partial charge in [0.15, 0.2) is 0 Å². The van der Waals surface area contributed by atoms with Crippen LogP contribution in [0.15, 0.2) is 91.0 Å². The molecule has 0 bridgehead atoms. The molecule has 0 amide bonds. The number of para-hydroxylation sites is 3. The van der Waals surface area contributed by atoms with Crippen molar-refractivity contribution in [3.63, 3.8) is 0 Å². The molecule has 27 heavy (non-hydrogen) atoms. The molecule has 1 aliphatic heterocycles. The van der Waals surface area contributed by atoms with Crippen molar-refractivity contribution in [2.45, 2.75) is 0 Å². The van der Waals surface area contributed by atoms with Gasteiger partial charge in [0.1, 0.15) is 17.1 Å². The Bertz CT molecular complexity index is 762. The van der Waals surface area contributed by atoms with Gasteiger partial charge in [0, 0.05) is 0 Å². The Morgan fingerprint density at radius 3 is 0.852 bits per heavy atom. The normalized spacial score (nSPS) is 30.8. The highest BCUT2D eigenvalue weighted by Gasteiger charge is 2.53. The largest absolute Gasteiger partial charge is 0.225 e. The third-order valence-electron chi connectivity index (χ3n) is 6.01. The molecule has 0 atom stereocenters. The standard InChI is InChI=1S/C24H30N3/c1-25(22-13-7-4-8-14-22)19-26(2,23-15-9-5-10-16-23)21-27(3,20-25)24-17-11-6-12-18-24/h4-18H,19-21H2,1-3H3/q+3. The van der Waals surface area contributed by atoms with Gasteiger partial charge in [-0.05, 0) is 36.4 Å². The van der Waals surface area contributed by atoms with Crippen LogP contribution >= 0.6 is 0 Å². The van der Waals surface area contributed by atoms with Crippen LogP contribution in [0, 0.1) is 0 Å². The van der Waals surface area contributed by atoms with Gasteiger partial charge in [-0.3, -0.25) is 0 Å². The first kappa shape index (κ1) is 17.9. The van der Waals surface area contributed by atoms with E-state index in [4.69, 9.17) is 0 Å². The van der Waals surface area contributed by atoms with Gasteiger partial charge in [-0.15, -0.1) is 0 Å². The zero-order valence-electron chi connectivity index (χ0n) is 16.6. The van der Waals surface area contributed by atoms with E-state index >= 15 is 0 Å². The number of rotatable bonds is 3. The Balaban J connectivity index is 1.85. The van der Waals surface area contributed by atoms with Crippen molar-refractivity contribution in [3.8, 4) is 0 Å². The molecule has 0 unspecified atom stereocenters. The van der Waals surface area contributed by atoms with Crippen molar-refractivity contribution in [1.82, 2.24) is 13.4 Å². The van der Waals surface area contributed by atoms with Crippen molar-refractivity contribution in [3.05, 3.63) is 91.0 Å². The van der Waals surface area contributed by atoms with Crippen LogP contribution in [0.1, 0.15) is 0 Å². The highest BCUT2D eigenvalue weighted by atomic mass is 15.7. The minimum Gasteiger partial charge on any atom is -0.201 e. The van der Waals surface area contributed by atoms with Crippen LogP contribution in [0.25, 0.3) is 0 Å². The quantitative estimate of drug-likeness (QED) is 0.590. The molecule has 0 aliphatic carbocycles. The summed E-state index contributed by atoms with van der Waals surface area (Å²) in [7, 11) is 7.15. The third-order valence-corrected chi connectivity index (χ3v) is 6.01. The summed E-state index contributed by atoms with van der Waals surface area (Å²) in [5.41, 5.74) is 4.12. The topological polar surface area (TPSA) is 0 Å². The van der Waals surface area contributed by atoms with Crippen LogP contribution in [0.3, 0.4) is 0 Å². The van der Waals surface area contributed by atoms with E-state index in [-0.39, 0.29) is 0 Å². The first-order valence-electron chi connectivity index (χ1n) is 9.64. The second-order valence-electron chi connectivity index (χ2n) is 8.62. The highest BCUT2D eigenvalue weighted by Crippen LogP contribution is 2.37. The van der Waals surface area contributed by atoms with Gasteiger partial charge < -0.3 is 0 Å². The summed E-state index contributed by atoms with van der Waals surface area (Å²) in [5, 5.41) is 0. The van der Waals surface area contributed by atoms with E-state index in [0.29, 0.717) is 0 Å². The molecule has 3 heteroatoms. The molecular formula is C24H30N3+3. The maximum atomic E-state index is 2.38. The van der Waals surface area contributed by atoms with E-state index in [9.17, 15) is 0 Å². The monoisotopic (exact) mass is 360 g/mol. The molecule has 0 N–H and O–H groups in total. The van der Waals surface area contributed by atoms with Crippen LogP contribution in [0.2, 0.25) is 0 Å². The first-order valence-corrected chi connectivity index (χ1v) is 9.64. The fraction of sp³-hybridized carbons (Fsp3) is 0.250. The molecule has 0 radical (unpaired) electrons.